The van der Waals surface area contributed by atoms with Crippen molar-refractivity contribution in [3.63, 3.8) is 0 Å². The van der Waals surface area contributed by atoms with E-state index in [9.17, 15) is 23.1 Å². The second kappa shape index (κ2) is 10.9. The first kappa shape index (κ1) is 26.9. The fraction of sp³-hybridized carbons (Fsp3) is 0.160. The molecule has 188 valence electrons. The van der Waals surface area contributed by atoms with Crippen molar-refractivity contribution in [1.82, 2.24) is 14.7 Å². The van der Waals surface area contributed by atoms with Gasteiger partial charge in [-0.1, -0.05) is 50.2 Å². The molecular weight excluding hydrogens is 500 g/mol. The van der Waals surface area contributed by atoms with Crippen LogP contribution in [0.15, 0.2) is 77.7 Å². The molecule has 0 bridgehead atoms. The van der Waals surface area contributed by atoms with Crippen molar-refractivity contribution in [3.05, 3.63) is 78.6 Å². The quantitative estimate of drug-likeness (QED) is 0.274. The van der Waals surface area contributed by atoms with Crippen molar-refractivity contribution in [2.75, 3.05) is 5.32 Å². The van der Waals surface area contributed by atoms with E-state index in [1.165, 1.54) is 12.1 Å². The standard InChI is InChI=1S/C25H24N4O5S.H2S/c1-15(2)22(25(31)32)29-35(33,34)19-13-9-17(10-14-19)16-7-11-18(12-8-16)26-24(30)23-27-20-5-3-4-6-21(20)28-23;/h3-15,22,29H,1-2H3,(H,26,30)(H,27,28)(H,31,32);1H2/t22-;/m0./s1. The number of carboxylic acid groups (broad SMARTS) is 1. The highest BCUT2D eigenvalue weighted by molar-refractivity contribution is 7.89. The maximum atomic E-state index is 12.6. The van der Waals surface area contributed by atoms with Crippen LogP contribution in [0.4, 0.5) is 5.69 Å². The summed E-state index contributed by atoms with van der Waals surface area (Å²) >= 11 is 0. The Bertz CT molecular complexity index is 1450. The molecule has 1 heterocycles. The molecule has 0 aliphatic heterocycles. The molecule has 0 fully saturated rings. The molecule has 0 saturated carbocycles. The highest BCUT2D eigenvalue weighted by Crippen LogP contribution is 2.24. The minimum Gasteiger partial charge on any atom is -0.480 e. The number of sulfonamides is 1. The Balaban J connectivity index is 0.00000361. The van der Waals surface area contributed by atoms with Crippen LogP contribution in [0.25, 0.3) is 22.2 Å². The number of carbonyl (C=O) groups is 2. The first-order chi connectivity index (χ1) is 16.6. The number of fused-ring (bicyclic) bond motifs is 1. The van der Waals surface area contributed by atoms with Crippen LogP contribution < -0.4 is 10.0 Å². The van der Waals surface area contributed by atoms with Crippen LogP contribution in [0, 0.1) is 5.92 Å². The summed E-state index contributed by atoms with van der Waals surface area (Å²) in [7, 11) is -3.99. The summed E-state index contributed by atoms with van der Waals surface area (Å²) in [6, 6.07) is 19.4. The molecule has 0 spiro atoms. The predicted molar refractivity (Wildman–Crippen MR) is 143 cm³/mol. The summed E-state index contributed by atoms with van der Waals surface area (Å²) in [5, 5.41) is 12.1. The number of aromatic nitrogens is 2. The number of carbonyl (C=O) groups excluding carboxylic acids is 1. The lowest BCUT2D eigenvalue weighted by Gasteiger charge is -2.18. The molecule has 0 unspecified atom stereocenters. The van der Waals surface area contributed by atoms with Gasteiger partial charge in [-0.2, -0.15) is 18.2 Å². The number of aromatic amines is 1. The summed E-state index contributed by atoms with van der Waals surface area (Å²) < 4.78 is 27.4. The number of imidazole rings is 1. The molecule has 36 heavy (non-hydrogen) atoms. The van der Waals surface area contributed by atoms with Gasteiger partial charge in [0.15, 0.2) is 5.82 Å². The molecule has 4 rings (SSSR count). The molecular formula is C25H26N4O5S2. The van der Waals surface area contributed by atoms with Gasteiger partial charge in [0.1, 0.15) is 6.04 Å². The van der Waals surface area contributed by atoms with Crippen LogP contribution in [0.5, 0.6) is 0 Å². The number of rotatable bonds is 8. The first-order valence-electron chi connectivity index (χ1n) is 10.9. The largest absolute Gasteiger partial charge is 0.480 e. The zero-order valence-corrected chi connectivity index (χ0v) is 21.3. The van der Waals surface area contributed by atoms with Crippen LogP contribution in [-0.4, -0.2) is 41.4 Å². The first-order valence-corrected chi connectivity index (χ1v) is 12.3. The number of aliphatic carboxylic acids is 1. The molecule has 4 aromatic rings. The van der Waals surface area contributed by atoms with Gasteiger partial charge in [0.25, 0.3) is 5.91 Å². The lowest BCUT2D eigenvalue weighted by Crippen LogP contribution is -2.44. The van der Waals surface area contributed by atoms with Crippen LogP contribution >= 0.6 is 13.5 Å². The smallest absolute Gasteiger partial charge is 0.322 e. The number of nitrogens with one attached hydrogen (secondary N) is 3. The lowest BCUT2D eigenvalue weighted by atomic mass is 10.1. The predicted octanol–water partition coefficient (Wildman–Crippen LogP) is 3.98. The molecule has 0 radical (unpaired) electrons. The molecule has 1 amide bonds. The fourth-order valence-corrected chi connectivity index (χ4v) is 4.87. The minimum atomic E-state index is -3.99. The number of nitrogens with zero attached hydrogens (tertiary/aromatic N) is 1. The van der Waals surface area contributed by atoms with Crippen molar-refractivity contribution in [1.29, 1.82) is 0 Å². The molecule has 0 saturated heterocycles. The zero-order chi connectivity index (χ0) is 25.2. The van der Waals surface area contributed by atoms with Crippen molar-refractivity contribution in [2.24, 2.45) is 5.92 Å². The van der Waals surface area contributed by atoms with Gasteiger partial charge in [-0.3, -0.25) is 9.59 Å². The third kappa shape index (κ3) is 5.93. The average molecular weight is 527 g/mol. The van der Waals surface area contributed by atoms with E-state index >= 15 is 0 Å². The van der Waals surface area contributed by atoms with Crippen molar-refractivity contribution in [3.8, 4) is 11.1 Å². The number of para-hydroxylation sites is 2. The second-order valence-corrected chi connectivity index (χ2v) is 10.1. The van der Waals surface area contributed by atoms with Gasteiger partial charge in [0, 0.05) is 5.69 Å². The zero-order valence-electron chi connectivity index (χ0n) is 19.5. The number of hydrogen-bond donors (Lipinski definition) is 4. The van der Waals surface area contributed by atoms with Gasteiger partial charge in [-0.25, -0.2) is 13.4 Å². The van der Waals surface area contributed by atoms with E-state index in [4.69, 9.17) is 0 Å². The van der Waals surface area contributed by atoms with Crippen molar-refractivity contribution < 1.29 is 23.1 Å². The number of carboxylic acids is 1. The number of benzene rings is 3. The summed E-state index contributed by atoms with van der Waals surface area (Å²) in [4.78, 5) is 31.1. The summed E-state index contributed by atoms with van der Waals surface area (Å²) in [5.41, 5.74) is 3.63. The fourth-order valence-electron chi connectivity index (χ4n) is 3.53. The Morgan fingerprint density at radius 2 is 1.50 bits per heavy atom. The molecule has 0 aliphatic rings. The molecule has 9 nitrogen and oxygen atoms in total. The SMILES string of the molecule is CC(C)[C@H](NS(=O)(=O)c1ccc(-c2ccc(NC(=O)c3nc4ccccc4[nH]3)cc2)cc1)C(=O)O.S. The van der Waals surface area contributed by atoms with E-state index in [0.717, 1.165) is 16.6 Å². The third-order valence-electron chi connectivity index (χ3n) is 5.46. The summed E-state index contributed by atoms with van der Waals surface area (Å²) in [6.45, 7) is 3.26. The van der Waals surface area contributed by atoms with Crippen LogP contribution in [0.3, 0.4) is 0 Å². The topological polar surface area (TPSA) is 141 Å². The van der Waals surface area contributed by atoms with Crippen LogP contribution in [0.2, 0.25) is 0 Å². The summed E-state index contributed by atoms with van der Waals surface area (Å²) in [6.07, 6.45) is 0. The van der Waals surface area contributed by atoms with Gasteiger partial charge < -0.3 is 15.4 Å². The molecule has 11 heteroatoms. The van der Waals surface area contributed by atoms with Crippen LogP contribution in [-0.2, 0) is 14.8 Å². The van der Waals surface area contributed by atoms with E-state index < -0.39 is 28.0 Å². The second-order valence-electron chi connectivity index (χ2n) is 8.34. The van der Waals surface area contributed by atoms with E-state index in [0.29, 0.717) is 11.2 Å². The molecule has 0 aliphatic carbocycles. The maximum Gasteiger partial charge on any atom is 0.322 e. The normalized spacial score (nSPS) is 12.2. The van der Waals surface area contributed by atoms with E-state index in [-0.39, 0.29) is 30.1 Å². The molecule has 3 aromatic carbocycles. The van der Waals surface area contributed by atoms with Gasteiger partial charge in [0.2, 0.25) is 10.0 Å². The van der Waals surface area contributed by atoms with Gasteiger partial charge in [-0.15, -0.1) is 0 Å². The number of anilines is 1. The Hall–Kier alpha value is -3.67. The van der Waals surface area contributed by atoms with Gasteiger partial charge >= 0.3 is 5.97 Å². The monoisotopic (exact) mass is 526 g/mol. The third-order valence-corrected chi connectivity index (χ3v) is 6.92. The number of amides is 1. The highest BCUT2D eigenvalue weighted by Gasteiger charge is 2.28. The van der Waals surface area contributed by atoms with E-state index in [2.05, 4.69) is 20.0 Å². The lowest BCUT2D eigenvalue weighted by molar-refractivity contribution is -0.140. The van der Waals surface area contributed by atoms with Crippen molar-refractivity contribution >= 4 is 52.1 Å². The van der Waals surface area contributed by atoms with E-state index in [1.54, 1.807) is 50.2 Å². The number of H-pyrrole nitrogens is 1. The molecule has 4 N–H and O–H groups in total. The molecule has 1 aromatic heterocycles. The highest BCUT2D eigenvalue weighted by atomic mass is 32.2. The maximum absolute atomic E-state index is 12.6. The average Bonchev–Trinajstić information content (AvgIpc) is 3.27. The van der Waals surface area contributed by atoms with Crippen molar-refractivity contribution in [2.45, 2.75) is 24.8 Å². The van der Waals surface area contributed by atoms with Gasteiger partial charge in [-0.05, 0) is 53.4 Å². The Labute approximate surface area is 215 Å². The van der Waals surface area contributed by atoms with E-state index in [1.807, 2.05) is 24.3 Å². The van der Waals surface area contributed by atoms with Crippen LogP contribution in [0.1, 0.15) is 24.5 Å². The Morgan fingerprint density at radius 1 is 0.917 bits per heavy atom. The Kier molecular flexibility index (Phi) is 8.18. The van der Waals surface area contributed by atoms with Gasteiger partial charge in [0.05, 0.1) is 15.9 Å². The Morgan fingerprint density at radius 3 is 2.06 bits per heavy atom. The summed E-state index contributed by atoms with van der Waals surface area (Å²) in [5.74, 6) is -1.79. The minimum absolute atomic E-state index is 0. The molecule has 1 atom stereocenters. The number of hydrogen-bond acceptors (Lipinski definition) is 5.